The van der Waals surface area contributed by atoms with Crippen LogP contribution in [0.3, 0.4) is 0 Å². The average Bonchev–Trinajstić information content (AvgIpc) is 2.74. The van der Waals surface area contributed by atoms with E-state index in [0.717, 1.165) is 29.9 Å². The van der Waals surface area contributed by atoms with Crippen LogP contribution in [0.15, 0.2) is 24.3 Å². The van der Waals surface area contributed by atoms with Gasteiger partial charge in [-0.1, -0.05) is 36.3 Å². The third-order valence-electron chi connectivity index (χ3n) is 3.33. The molecule has 2 unspecified atom stereocenters. The molecule has 1 aliphatic carbocycles. The highest BCUT2D eigenvalue weighted by molar-refractivity contribution is 7.22. The second kappa shape index (κ2) is 4.63. The van der Waals surface area contributed by atoms with Gasteiger partial charge < -0.3 is 10.4 Å². The highest BCUT2D eigenvalue weighted by Gasteiger charge is 2.23. The molecule has 1 aromatic heterocycles. The summed E-state index contributed by atoms with van der Waals surface area (Å²) in [6, 6.07) is 8.30. The number of hydrogen-bond acceptors (Lipinski definition) is 4. The lowest BCUT2D eigenvalue weighted by molar-refractivity contribution is 0.116. The fraction of sp³-hybridized carbons (Fsp3) is 0.462. The Morgan fingerprint density at radius 3 is 2.88 bits per heavy atom. The van der Waals surface area contributed by atoms with Gasteiger partial charge in [0, 0.05) is 0 Å². The molecule has 1 fully saturated rings. The number of hydrogen-bond donors (Lipinski definition) is 2. The van der Waals surface area contributed by atoms with Crippen LogP contribution < -0.4 is 5.32 Å². The fourth-order valence-electron chi connectivity index (χ4n) is 2.37. The lowest BCUT2D eigenvalue weighted by Gasteiger charge is -2.27. The van der Waals surface area contributed by atoms with Crippen molar-refractivity contribution in [3.8, 4) is 0 Å². The number of benzene rings is 1. The van der Waals surface area contributed by atoms with Crippen molar-refractivity contribution in [1.82, 2.24) is 4.98 Å². The van der Waals surface area contributed by atoms with Crippen LogP contribution in [0.5, 0.6) is 0 Å². The molecule has 2 atom stereocenters. The van der Waals surface area contributed by atoms with Gasteiger partial charge in [-0.25, -0.2) is 4.98 Å². The molecule has 2 N–H and O–H groups in total. The number of aliphatic hydroxyl groups excluding tert-OH is 1. The maximum Gasteiger partial charge on any atom is 0.184 e. The minimum atomic E-state index is -0.226. The standard InChI is InChI=1S/C13H16N2OS/c16-11-7-3-1-5-9(11)14-13-15-10-6-2-4-8-12(10)17-13/h2,4,6,8-9,11,16H,1,3,5,7H2,(H,14,15). The zero-order valence-corrected chi connectivity index (χ0v) is 10.4. The number of thiazole rings is 1. The summed E-state index contributed by atoms with van der Waals surface area (Å²) in [5.41, 5.74) is 1.03. The van der Waals surface area contributed by atoms with Crippen LogP contribution in [-0.4, -0.2) is 22.2 Å². The van der Waals surface area contributed by atoms with Crippen LogP contribution in [0, 0.1) is 0 Å². The topological polar surface area (TPSA) is 45.1 Å². The molecule has 4 heteroatoms. The highest BCUT2D eigenvalue weighted by atomic mass is 32.1. The van der Waals surface area contributed by atoms with E-state index >= 15 is 0 Å². The molecule has 0 amide bonds. The lowest BCUT2D eigenvalue weighted by atomic mass is 9.93. The van der Waals surface area contributed by atoms with Crippen molar-refractivity contribution in [1.29, 1.82) is 0 Å². The van der Waals surface area contributed by atoms with E-state index in [9.17, 15) is 5.11 Å². The molecule has 90 valence electrons. The molecule has 3 rings (SSSR count). The zero-order chi connectivity index (χ0) is 11.7. The normalized spacial score (nSPS) is 25.0. The molecule has 0 saturated heterocycles. The summed E-state index contributed by atoms with van der Waals surface area (Å²) >= 11 is 1.66. The quantitative estimate of drug-likeness (QED) is 0.858. The Labute approximate surface area is 105 Å². The number of nitrogens with zero attached hydrogens (tertiary/aromatic N) is 1. The van der Waals surface area contributed by atoms with E-state index in [0.29, 0.717) is 0 Å². The van der Waals surface area contributed by atoms with Crippen molar-refractivity contribution in [2.75, 3.05) is 5.32 Å². The van der Waals surface area contributed by atoms with E-state index < -0.39 is 0 Å². The summed E-state index contributed by atoms with van der Waals surface area (Å²) in [5.74, 6) is 0. The molecule has 3 nitrogen and oxygen atoms in total. The maximum absolute atomic E-state index is 9.92. The molecule has 17 heavy (non-hydrogen) atoms. The van der Waals surface area contributed by atoms with Crippen LogP contribution in [0.25, 0.3) is 10.2 Å². The van der Waals surface area contributed by atoms with E-state index in [2.05, 4.69) is 16.4 Å². The Morgan fingerprint density at radius 1 is 1.24 bits per heavy atom. The summed E-state index contributed by atoms with van der Waals surface area (Å²) in [4.78, 5) is 4.54. The van der Waals surface area contributed by atoms with Crippen LogP contribution in [0.4, 0.5) is 5.13 Å². The Hall–Kier alpha value is -1.13. The van der Waals surface area contributed by atoms with E-state index in [1.165, 1.54) is 11.1 Å². The largest absolute Gasteiger partial charge is 0.391 e. The maximum atomic E-state index is 9.92. The summed E-state index contributed by atoms with van der Waals surface area (Å²) in [7, 11) is 0. The fourth-order valence-corrected chi connectivity index (χ4v) is 3.30. The smallest absolute Gasteiger partial charge is 0.184 e. The summed E-state index contributed by atoms with van der Waals surface area (Å²) in [6.07, 6.45) is 4.05. The second-order valence-electron chi connectivity index (χ2n) is 4.59. The first-order valence-corrected chi connectivity index (χ1v) is 6.95. The van der Waals surface area contributed by atoms with Gasteiger partial charge in [0.2, 0.25) is 0 Å². The number of aliphatic hydroxyl groups is 1. The van der Waals surface area contributed by atoms with E-state index in [-0.39, 0.29) is 12.1 Å². The van der Waals surface area contributed by atoms with Crippen molar-refractivity contribution >= 4 is 26.7 Å². The van der Waals surface area contributed by atoms with Gasteiger partial charge in [-0.05, 0) is 25.0 Å². The minimum absolute atomic E-state index is 0.171. The van der Waals surface area contributed by atoms with E-state index in [1.807, 2.05) is 18.2 Å². The van der Waals surface area contributed by atoms with Crippen LogP contribution in [-0.2, 0) is 0 Å². The molecule has 0 radical (unpaired) electrons. The van der Waals surface area contributed by atoms with Crippen molar-refractivity contribution in [2.24, 2.45) is 0 Å². The molecule has 1 saturated carbocycles. The van der Waals surface area contributed by atoms with Gasteiger partial charge in [0.25, 0.3) is 0 Å². The number of aromatic nitrogens is 1. The number of para-hydroxylation sites is 1. The molecule has 1 aromatic carbocycles. The Morgan fingerprint density at radius 2 is 2.06 bits per heavy atom. The Bertz CT molecular complexity index is 478. The van der Waals surface area contributed by atoms with Gasteiger partial charge in [0.05, 0.1) is 22.4 Å². The van der Waals surface area contributed by atoms with Gasteiger partial charge in [-0.15, -0.1) is 0 Å². The highest BCUT2D eigenvalue weighted by Crippen LogP contribution is 2.28. The van der Waals surface area contributed by atoms with Crippen LogP contribution >= 0.6 is 11.3 Å². The monoisotopic (exact) mass is 248 g/mol. The first kappa shape index (κ1) is 11.0. The number of fused-ring (bicyclic) bond motifs is 1. The van der Waals surface area contributed by atoms with Gasteiger partial charge >= 0.3 is 0 Å². The minimum Gasteiger partial charge on any atom is -0.391 e. The molecule has 2 aromatic rings. The van der Waals surface area contributed by atoms with Crippen molar-refractivity contribution < 1.29 is 5.11 Å². The first-order chi connectivity index (χ1) is 8.33. The number of anilines is 1. The van der Waals surface area contributed by atoms with Gasteiger partial charge in [-0.3, -0.25) is 0 Å². The predicted molar refractivity (Wildman–Crippen MR) is 71.5 cm³/mol. The summed E-state index contributed by atoms with van der Waals surface area (Å²) in [6.45, 7) is 0. The molecule has 0 bridgehead atoms. The first-order valence-electron chi connectivity index (χ1n) is 6.13. The molecular weight excluding hydrogens is 232 g/mol. The third-order valence-corrected chi connectivity index (χ3v) is 4.30. The molecule has 0 aliphatic heterocycles. The zero-order valence-electron chi connectivity index (χ0n) is 9.60. The SMILES string of the molecule is OC1CCCCC1Nc1nc2ccccc2s1. The average molecular weight is 248 g/mol. The molecular formula is C13H16N2OS. The Kier molecular flexibility index (Phi) is 2.99. The van der Waals surface area contributed by atoms with Crippen molar-refractivity contribution in [3.63, 3.8) is 0 Å². The number of nitrogens with one attached hydrogen (secondary N) is 1. The van der Waals surface area contributed by atoms with E-state index in [4.69, 9.17) is 0 Å². The van der Waals surface area contributed by atoms with Crippen LogP contribution in [0.1, 0.15) is 25.7 Å². The summed E-state index contributed by atoms with van der Waals surface area (Å²) in [5, 5.41) is 14.2. The van der Waals surface area contributed by atoms with E-state index in [1.54, 1.807) is 11.3 Å². The van der Waals surface area contributed by atoms with Gasteiger partial charge in [0.15, 0.2) is 5.13 Å². The van der Waals surface area contributed by atoms with Crippen molar-refractivity contribution in [2.45, 2.75) is 37.8 Å². The second-order valence-corrected chi connectivity index (χ2v) is 5.62. The third kappa shape index (κ3) is 2.28. The van der Waals surface area contributed by atoms with Gasteiger partial charge in [-0.2, -0.15) is 0 Å². The Balaban J connectivity index is 1.79. The number of rotatable bonds is 2. The molecule has 0 spiro atoms. The van der Waals surface area contributed by atoms with Gasteiger partial charge in [0.1, 0.15) is 0 Å². The molecule has 1 heterocycles. The lowest BCUT2D eigenvalue weighted by Crippen LogP contribution is -2.36. The summed E-state index contributed by atoms with van der Waals surface area (Å²) < 4.78 is 1.19. The van der Waals surface area contributed by atoms with Crippen molar-refractivity contribution in [3.05, 3.63) is 24.3 Å². The predicted octanol–water partition coefficient (Wildman–Crippen LogP) is 3.01. The molecule has 1 aliphatic rings. The van der Waals surface area contributed by atoms with Crippen LogP contribution in [0.2, 0.25) is 0 Å².